The van der Waals surface area contributed by atoms with Gasteiger partial charge in [0.1, 0.15) is 0 Å². The van der Waals surface area contributed by atoms with E-state index < -0.39 is 10.0 Å². The molecule has 1 amide bonds. The van der Waals surface area contributed by atoms with Crippen molar-refractivity contribution in [1.82, 2.24) is 4.31 Å². The zero-order valence-electron chi connectivity index (χ0n) is 15.4. The molecule has 1 N–H and O–H groups in total. The fraction of sp³-hybridized carbons (Fsp3) is 0.350. The molecule has 27 heavy (non-hydrogen) atoms. The summed E-state index contributed by atoms with van der Waals surface area (Å²) in [5.74, 6) is -0.253. The third-order valence-corrected chi connectivity index (χ3v) is 7.75. The highest BCUT2D eigenvalue weighted by atomic mass is 79.9. The summed E-state index contributed by atoms with van der Waals surface area (Å²) in [6, 6.07) is 13.5. The first-order valence-corrected chi connectivity index (χ1v) is 11.2. The number of benzene rings is 2. The molecular formula is C20H23BrN2O3S. The number of rotatable bonds is 4. The molecule has 2 aromatic carbocycles. The van der Waals surface area contributed by atoms with Crippen molar-refractivity contribution in [2.45, 2.75) is 50.1 Å². The van der Waals surface area contributed by atoms with Crippen LogP contribution in [0.1, 0.15) is 43.5 Å². The second-order valence-electron chi connectivity index (χ2n) is 6.92. The van der Waals surface area contributed by atoms with Crippen LogP contribution >= 0.6 is 15.9 Å². The van der Waals surface area contributed by atoms with E-state index in [1.807, 2.05) is 19.9 Å². The van der Waals surface area contributed by atoms with Gasteiger partial charge in [0.15, 0.2) is 0 Å². The molecule has 1 aliphatic rings. The first-order valence-electron chi connectivity index (χ1n) is 9.00. The van der Waals surface area contributed by atoms with Crippen molar-refractivity contribution in [2.75, 3.05) is 5.32 Å². The Kier molecular flexibility index (Phi) is 6.03. The maximum atomic E-state index is 13.0. The van der Waals surface area contributed by atoms with Crippen molar-refractivity contribution in [3.05, 3.63) is 58.6 Å². The smallest absolute Gasteiger partial charge is 0.256 e. The average Bonchev–Trinajstić information content (AvgIpc) is 2.62. The molecular weight excluding hydrogens is 428 g/mol. The number of nitrogens with zero attached hydrogens (tertiary/aromatic N) is 1. The Labute approximate surface area is 169 Å². The third kappa shape index (κ3) is 4.25. The maximum Gasteiger partial charge on any atom is 0.256 e. The van der Waals surface area contributed by atoms with Crippen LogP contribution in [-0.4, -0.2) is 30.7 Å². The lowest BCUT2D eigenvalue weighted by molar-refractivity contribution is 0.102. The first kappa shape index (κ1) is 20.0. The predicted molar refractivity (Wildman–Crippen MR) is 110 cm³/mol. The molecule has 0 radical (unpaired) electrons. The van der Waals surface area contributed by atoms with Crippen molar-refractivity contribution in [3.8, 4) is 0 Å². The van der Waals surface area contributed by atoms with Crippen LogP contribution in [-0.2, 0) is 10.0 Å². The van der Waals surface area contributed by atoms with Gasteiger partial charge >= 0.3 is 0 Å². The number of anilines is 1. The molecule has 2 unspecified atom stereocenters. The van der Waals surface area contributed by atoms with Gasteiger partial charge < -0.3 is 5.32 Å². The number of hydrogen-bond donors (Lipinski definition) is 1. The molecule has 144 valence electrons. The molecule has 1 fully saturated rings. The second-order valence-corrected chi connectivity index (χ2v) is 9.62. The van der Waals surface area contributed by atoms with E-state index >= 15 is 0 Å². The van der Waals surface area contributed by atoms with E-state index in [9.17, 15) is 13.2 Å². The molecule has 1 saturated heterocycles. The van der Waals surface area contributed by atoms with Gasteiger partial charge in [0.05, 0.1) is 10.5 Å². The lowest BCUT2D eigenvalue weighted by Crippen LogP contribution is -2.47. The summed E-state index contributed by atoms with van der Waals surface area (Å²) >= 11 is 3.36. The highest BCUT2D eigenvalue weighted by molar-refractivity contribution is 9.10. The average molecular weight is 451 g/mol. The van der Waals surface area contributed by atoms with Gasteiger partial charge in [-0.05, 0) is 79.0 Å². The summed E-state index contributed by atoms with van der Waals surface area (Å²) in [6.45, 7) is 3.92. The molecule has 2 atom stereocenters. The minimum Gasteiger partial charge on any atom is -0.322 e. The molecule has 1 aliphatic heterocycles. The summed E-state index contributed by atoms with van der Waals surface area (Å²) in [5.41, 5.74) is 1.07. The summed E-state index contributed by atoms with van der Waals surface area (Å²) in [5, 5.41) is 2.80. The van der Waals surface area contributed by atoms with Crippen LogP contribution in [0, 0.1) is 0 Å². The lowest BCUT2D eigenvalue weighted by atomic mass is 10.0. The quantitative estimate of drug-likeness (QED) is 0.736. The molecule has 2 aromatic rings. The van der Waals surface area contributed by atoms with Gasteiger partial charge in [0, 0.05) is 22.2 Å². The van der Waals surface area contributed by atoms with E-state index in [2.05, 4.69) is 21.2 Å². The minimum atomic E-state index is -3.55. The van der Waals surface area contributed by atoms with Crippen LogP contribution in [0.25, 0.3) is 0 Å². The minimum absolute atomic E-state index is 0.00596. The van der Waals surface area contributed by atoms with Gasteiger partial charge in [-0.1, -0.05) is 18.6 Å². The molecule has 0 bridgehead atoms. The number of sulfonamides is 1. The van der Waals surface area contributed by atoms with Crippen molar-refractivity contribution >= 4 is 37.5 Å². The highest BCUT2D eigenvalue weighted by Gasteiger charge is 2.35. The zero-order valence-corrected chi connectivity index (χ0v) is 17.8. The van der Waals surface area contributed by atoms with E-state index in [-0.39, 0.29) is 22.9 Å². The van der Waals surface area contributed by atoms with Crippen LogP contribution in [0.15, 0.2) is 57.9 Å². The van der Waals surface area contributed by atoms with Crippen molar-refractivity contribution in [1.29, 1.82) is 0 Å². The van der Waals surface area contributed by atoms with Crippen molar-refractivity contribution < 1.29 is 13.2 Å². The van der Waals surface area contributed by atoms with Gasteiger partial charge in [-0.2, -0.15) is 4.31 Å². The van der Waals surface area contributed by atoms with Crippen molar-refractivity contribution in [2.24, 2.45) is 0 Å². The Morgan fingerprint density at radius 2 is 1.63 bits per heavy atom. The van der Waals surface area contributed by atoms with Crippen LogP contribution in [0.4, 0.5) is 5.69 Å². The summed E-state index contributed by atoms with van der Waals surface area (Å²) in [4.78, 5) is 12.6. The van der Waals surface area contributed by atoms with Crippen LogP contribution in [0.5, 0.6) is 0 Å². The second kappa shape index (κ2) is 8.12. The molecule has 3 rings (SSSR count). The molecule has 0 saturated carbocycles. The Bertz CT molecular complexity index is 918. The number of halogens is 1. The largest absolute Gasteiger partial charge is 0.322 e. The van der Waals surface area contributed by atoms with Gasteiger partial charge in [-0.3, -0.25) is 4.79 Å². The first-order chi connectivity index (χ1) is 12.8. The van der Waals surface area contributed by atoms with Crippen LogP contribution in [0.3, 0.4) is 0 Å². The Balaban J connectivity index is 1.79. The number of nitrogens with one attached hydrogen (secondary N) is 1. The number of hydrogen-bond acceptors (Lipinski definition) is 3. The standard InChI is InChI=1S/C20H23BrN2O3S/c1-14-6-5-7-15(2)23(14)27(25,26)17-12-10-16(11-13-17)22-20(24)18-8-3-4-9-19(18)21/h3-4,8-15H,5-7H2,1-2H3,(H,22,24). The number of amides is 1. The number of carbonyl (C=O) groups excluding carboxylic acids is 1. The van der Waals surface area contributed by atoms with E-state index in [0.29, 0.717) is 15.7 Å². The lowest BCUT2D eigenvalue weighted by Gasteiger charge is -2.37. The van der Waals surface area contributed by atoms with Crippen molar-refractivity contribution in [3.63, 3.8) is 0 Å². The molecule has 7 heteroatoms. The highest BCUT2D eigenvalue weighted by Crippen LogP contribution is 2.30. The summed E-state index contributed by atoms with van der Waals surface area (Å²) in [7, 11) is -3.55. The monoisotopic (exact) mass is 450 g/mol. The van der Waals surface area contributed by atoms with E-state index in [4.69, 9.17) is 0 Å². The SMILES string of the molecule is CC1CCCC(C)N1S(=O)(=O)c1ccc(NC(=O)c2ccccc2Br)cc1. The Morgan fingerprint density at radius 3 is 2.22 bits per heavy atom. The number of piperidine rings is 1. The Morgan fingerprint density at radius 1 is 1.04 bits per heavy atom. The fourth-order valence-corrected chi connectivity index (χ4v) is 5.89. The number of carbonyl (C=O) groups is 1. The van der Waals surface area contributed by atoms with Gasteiger partial charge in [0.2, 0.25) is 10.0 Å². The Hall–Kier alpha value is -1.70. The molecule has 0 aliphatic carbocycles. The maximum absolute atomic E-state index is 13.0. The molecule has 5 nitrogen and oxygen atoms in total. The van der Waals surface area contributed by atoms with Gasteiger partial charge in [0.25, 0.3) is 5.91 Å². The van der Waals surface area contributed by atoms with Crippen LogP contribution < -0.4 is 5.32 Å². The zero-order chi connectivity index (χ0) is 19.6. The van der Waals surface area contributed by atoms with E-state index in [1.54, 1.807) is 46.8 Å². The third-order valence-electron chi connectivity index (χ3n) is 4.92. The molecule has 0 aromatic heterocycles. The summed E-state index contributed by atoms with van der Waals surface area (Å²) < 4.78 is 28.4. The van der Waals surface area contributed by atoms with E-state index in [0.717, 1.165) is 19.3 Å². The molecule has 0 spiro atoms. The topological polar surface area (TPSA) is 66.5 Å². The fourth-order valence-electron chi connectivity index (χ4n) is 3.55. The van der Waals surface area contributed by atoms with E-state index in [1.165, 1.54) is 0 Å². The van der Waals surface area contributed by atoms with Gasteiger partial charge in [-0.15, -0.1) is 0 Å². The van der Waals surface area contributed by atoms with Crippen LogP contribution in [0.2, 0.25) is 0 Å². The van der Waals surface area contributed by atoms with Gasteiger partial charge in [-0.25, -0.2) is 8.42 Å². The normalized spacial score (nSPS) is 21.0. The predicted octanol–water partition coefficient (Wildman–Crippen LogP) is 4.65. The molecule has 1 heterocycles. The summed E-state index contributed by atoms with van der Waals surface area (Å²) in [6.07, 6.45) is 2.81.